The highest BCUT2D eigenvalue weighted by molar-refractivity contribution is 9.09. The summed E-state index contributed by atoms with van der Waals surface area (Å²) in [5.41, 5.74) is 2.20. The van der Waals surface area contributed by atoms with E-state index in [0.717, 1.165) is 69.1 Å². The number of benzene rings is 3. The van der Waals surface area contributed by atoms with Gasteiger partial charge in [0.05, 0.1) is 36.7 Å². The van der Waals surface area contributed by atoms with Gasteiger partial charge >= 0.3 is 0 Å². The van der Waals surface area contributed by atoms with Gasteiger partial charge in [-0.05, 0) is 67.3 Å². The van der Waals surface area contributed by atoms with Gasteiger partial charge in [0.2, 0.25) is 0 Å². The number of para-hydroxylation sites is 1. The molecule has 40 heavy (non-hydrogen) atoms. The number of aromatic nitrogens is 1. The van der Waals surface area contributed by atoms with E-state index in [9.17, 15) is 25.9 Å². The smallest absolute Gasteiger partial charge is 0.282 e. The number of fused-ring (bicyclic) bond motifs is 2. The Morgan fingerprint density at radius 2 is 1.48 bits per heavy atom. The Morgan fingerprint density at radius 3 is 2.15 bits per heavy atom. The Labute approximate surface area is 247 Å². The zero-order valence-corrected chi connectivity index (χ0v) is 25.8. The Hall–Kier alpha value is -2.22. The van der Waals surface area contributed by atoms with Gasteiger partial charge in [0, 0.05) is 5.33 Å². The predicted molar refractivity (Wildman–Crippen MR) is 162 cm³/mol. The molecule has 0 atom stereocenters. The lowest BCUT2D eigenvalue weighted by Gasteiger charge is -2.11. The first-order valence-electron chi connectivity index (χ1n) is 13.1. The average molecular weight is 668 g/mol. The molecule has 2 N–H and O–H groups in total. The van der Waals surface area contributed by atoms with E-state index in [0.29, 0.717) is 11.8 Å². The Morgan fingerprint density at radius 1 is 0.800 bits per heavy atom. The van der Waals surface area contributed by atoms with Crippen molar-refractivity contribution in [1.29, 1.82) is 0 Å². The highest BCUT2D eigenvalue weighted by Crippen LogP contribution is 2.31. The van der Waals surface area contributed by atoms with E-state index in [2.05, 4.69) is 20.9 Å². The lowest BCUT2D eigenvalue weighted by molar-refractivity contribution is 0.478. The second-order valence-electron chi connectivity index (χ2n) is 9.59. The number of unbranched alkanes of at least 4 members (excludes halogenated alkanes) is 7. The van der Waals surface area contributed by atoms with Gasteiger partial charge in [0.25, 0.3) is 20.2 Å². The zero-order valence-electron chi connectivity index (χ0n) is 21.8. The highest BCUT2D eigenvalue weighted by Gasteiger charge is 2.20. The normalized spacial score (nSPS) is 12.9. The summed E-state index contributed by atoms with van der Waals surface area (Å²) in [6, 6.07) is 14.3. The number of rotatable bonds is 13. The summed E-state index contributed by atoms with van der Waals surface area (Å²) in [5.74, 6) is 0. The molecular formula is C28H31BrN2O6S3. The van der Waals surface area contributed by atoms with Crippen molar-refractivity contribution in [3.63, 3.8) is 0 Å². The molecule has 2 aromatic rings. The first-order valence-corrected chi connectivity index (χ1v) is 17.9. The summed E-state index contributed by atoms with van der Waals surface area (Å²) < 4.78 is 68.0. The molecule has 1 heterocycles. The van der Waals surface area contributed by atoms with Crippen LogP contribution in [-0.4, -0.2) is 36.3 Å². The molecule has 0 radical (unpaired) electrons. The maximum absolute atomic E-state index is 12.1. The van der Waals surface area contributed by atoms with E-state index in [1.165, 1.54) is 43.4 Å². The maximum atomic E-state index is 12.1. The number of aryl methyl sites for hydroxylation is 1. The third-order valence-electron chi connectivity index (χ3n) is 6.56. The van der Waals surface area contributed by atoms with Gasteiger partial charge in [-0.3, -0.25) is 9.11 Å². The van der Waals surface area contributed by atoms with Crippen LogP contribution in [0.3, 0.4) is 0 Å². The van der Waals surface area contributed by atoms with Crippen LogP contribution < -0.4 is 5.36 Å². The van der Waals surface area contributed by atoms with Crippen LogP contribution in [0.1, 0.15) is 56.9 Å². The molecule has 2 aromatic carbocycles. The van der Waals surface area contributed by atoms with Crippen LogP contribution in [0, 0.1) is 0 Å². The highest BCUT2D eigenvalue weighted by atomic mass is 79.9. The molecule has 0 fully saturated rings. The molecule has 4 rings (SSSR count). The standard InChI is InChI=1S/C28H31BrN2O6S3/c29-16-10-6-4-2-1-3-5-7-11-20-17-24-27(38-26-13-9-8-12-22(26)30-24)19-23(20)31-25-18-21(39(32,33)34)14-15-28(25)40(35,36)37/h8-9,12-15,17-19H,1-7,10-11,16H2,(H,32,33,34)(H,35,36,37)/b31-23+. The van der Waals surface area contributed by atoms with E-state index in [1.54, 1.807) is 0 Å². The molecule has 0 saturated heterocycles. The number of alkyl halides is 1. The van der Waals surface area contributed by atoms with Gasteiger partial charge in [0.15, 0.2) is 0 Å². The fourth-order valence-electron chi connectivity index (χ4n) is 4.52. The monoisotopic (exact) mass is 666 g/mol. The number of hydrogen-bond acceptors (Lipinski definition) is 7. The largest absolute Gasteiger partial charge is 0.296 e. The fourth-order valence-corrected chi connectivity index (χ4v) is 7.01. The second kappa shape index (κ2) is 13.6. The maximum Gasteiger partial charge on any atom is 0.296 e. The molecule has 0 amide bonds. The fraction of sp³-hybridized carbons (Fsp3) is 0.357. The van der Waals surface area contributed by atoms with Crippen molar-refractivity contribution >= 4 is 63.4 Å². The molecular weight excluding hydrogens is 636 g/mol. The zero-order chi connectivity index (χ0) is 28.8. The Kier molecular flexibility index (Phi) is 10.5. The molecule has 0 saturated carbocycles. The van der Waals surface area contributed by atoms with Crippen molar-refractivity contribution in [1.82, 2.24) is 4.98 Å². The van der Waals surface area contributed by atoms with Crippen LogP contribution >= 0.6 is 27.3 Å². The van der Waals surface area contributed by atoms with Gasteiger partial charge in [-0.15, -0.1) is 11.3 Å². The summed E-state index contributed by atoms with van der Waals surface area (Å²) in [6.45, 7) is 0. The van der Waals surface area contributed by atoms with Crippen molar-refractivity contribution in [2.45, 2.75) is 67.6 Å². The third-order valence-corrected chi connectivity index (χ3v) is 9.99. The van der Waals surface area contributed by atoms with Crippen molar-refractivity contribution in [2.24, 2.45) is 4.99 Å². The van der Waals surface area contributed by atoms with Crippen molar-refractivity contribution in [2.75, 3.05) is 5.33 Å². The lowest BCUT2D eigenvalue weighted by atomic mass is 10.0. The summed E-state index contributed by atoms with van der Waals surface area (Å²) in [7, 11) is -9.34. The summed E-state index contributed by atoms with van der Waals surface area (Å²) in [5, 5.41) is 1.50. The SMILES string of the molecule is O=S(=O)(O)c1ccc(S(=O)(=O)O)c(/N=c2\cc3sc4ccccc4nc-3cc2CCCCCCCCCCBr)c1. The molecule has 12 heteroatoms. The second-order valence-corrected chi connectivity index (χ2v) is 14.3. The van der Waals surface area contributed by atoms with Gasteiger partial charge in [-0.25, -0.2) is 9.98 Å². The van der Waals surface area contributed by atoms with Gasteiger partial charge in [-0.2, -0.15) is 16.8 Å². The molecule has 214 valence electrons. The van der Waals surface area contributed by atoms with E-state index in [4.69, 9.17) is 4.98 Å². The van der Waals surface area contributed by atoms with E-state index >= 15 is 0 Å². The van der Waals surface area contributed by atoms with E-state index < -0.39 is 30.0 Å². The van der Waals surface area contributed by atoms with E-state index in [-0.39, 0.29) is 5.69 Å². The van der Waals surface area contributed by atoms with Crippen molar-refractivity contribution in [3.8, 4) is 10.6 Å². The molecule has 0 unspecified atom stereocenters. The summed E-state index contributed by atoms with van der Waals surface area (Å²) in [6.07, 6.45) is 9.75. The molecule has 0 bridgehead atoms. The topological polar surface area (TPSA) is 134 Å². The molecule has 8 nitrogen and oxygen atoms in total. The first kappa shape index (κ1) is 30.7. The van der Waals surface area contributed by atoms with Crippen LogP contribution in [0.2, 0.25) is 0 Å². The summed E-state index contributed by atoms with van der Waals surface area (Å²) >= 11 is 4.98. The van der Waals surface area contributed by atoms with E-state index in [1.807, 2.05) is 36.4 Å². The van der Waals surface area contributed by atoms with Gasteiger partial charge in [0.1, 0.15) is 4.90 Å². The van der Waals surface area contributed by atoms with Crippen LogP contribution in [-0.2, 0) is 26.7 Å². The van der Waals surface area contributed by atoms with Gasteiger partial charge < -0.3 is 0 Å². The Balaban J connectivity index is 1.73. The lowest BCUT2D eigenvalue weighted by Crippen LogP contribution is -2.12. The molecule has 0 aromatic heterocycles. The van der Waals surface area contributed by atoms with Crippen molar-refractivity contribution in [3.05, 3.63) is 65.5 Å². The Bertz CT molecular complexity index is 1740. The minimum absolute atomic E-state index is 0.277. The average Bonchev–Trinajstić information content (AvgIpc) is 2.90. The number of nitrogens with zero attached hydrogens (tertiary/aromatic N) is 2. The van der Waals surface area contributed by atoms with Gasteiger partial charge in [-0.1, -0.05) is 66.6 Å². The van der Waals surface area contributed by atoms with Crippen molar-refractivity contribution < 1.29 is 25.9 Å². The number of hydrogen-bond donors (Lipinski definition) is 2. The summed E-state index contributed by atoms with van der Waals surface area (Å²) in [4.78, 5) is 9.08. The first-order chi connectivity index (χ1) is 19.1. The van der Waals surface area contributed by atoms with Crippen LogP contribution in [0.4, 0.5) is 5.69 Å². The van der Waals surface area contributed by atoms with Crippen LogP contribution in [0.5, 0.6) is 0 Å². The quantitative estimate of drug-likeness (QED) is 0.0668. The molecule has 1 aliphatic carbocycles. The molecule has 2 aliphatic rings. The third kappa shape index (κ3) is 8.17. The molecule has 1 aliphatic heterocycles. The van der Waals surface area contributed by atoms with Crippen LogP contribution in [0.25, 0.3) is 20.8 Å². The predicted octanol–water partition coefficient (Wildman–Crippen LogP) is 7.19. The minimum atomic E-state index is -4.72. The molecule has 0 spiro atoms. The van der Waals surface area contributed by atoms with Crippen LogP contribution in [0.15, 0.2) is 69.4 Å². The minimum Gasteiger partial charge on any atom is -0.282 e. The number of halogens is 1.